The van der Waals surface area contributed by atoms with Crippen molar-refractivity contribution in [3.63, 3.8) is 0 Å². The highest BCUT2D eigenvalue weighted by Crippen LogP contribution is 2.60. The number of rotatable bonds is 1. The van der Waals surface area contributed by atoms with E-state index in [4.69, 9.17) is 4.74 Å². The van der Waals surface area contributed by atoms with Crippen LogP contribution in [0.3, 0.4) is 0 Å². The molecule has 3 aliphatic heterocycles. The van der Waals surface area contributed by atoms with Crippen molar-refractivity contribution in [2.75, 3.05) is 0 Å². The minimum atomic E-state index is -6.07. The zero-order valence-corrected chi connectivity index (χ0v) is 15.6. The van der Waals surface area contributed by atoms with E-state index in [2.05, 4.69) is 9.47 Å². The van der Waals surface area contributed by atoms with E-state index < -0.39 is 75.1 Å². The summed E-state index contributed by atoms with van der Waals surface area (Å²) in [5, 5.41) is 0. The van der Waals surface area contributed by atoms with Gasteiger partial charge >= 0.3 is 36.0 Å². The Kier molecular flexibility index (Phi) is 3.57. The first-order valence-electron chi connectivity index (χ1n) is 8.80. The van der Waals surface area contributed by atoms with Crippen LogP contribution >= 0.6 is 0 Å². The molecule has 3 aliphatic rings. The van der Waals surface area contributed by atoms with Gasteiger partial charge in [0, 0.05) is 11.1 Å². The van der Waals surface area contributed by atoms with Crippen molar-refractivity contribution in [1.29, 1.82) is 0 Å². The first-order valence-corrected chi connectivity index (χ1v) is 8.80. The van der Waals surface area contributed by atoms with Crippen LogP contribution in [0.5, 0.6) is 11.5 Å². The Morgan fingerprint density at radius 3 is 1.31 bits per heavy atom. The normalized spacial score (nSPS) is 18.3. The molecule has 0 aliphatic carbocycles. The molecule has 7 nitrogen and oxygen atoms in total. The summed E-state index contributed by atoms with van der Waals surface area (Å²) >= 11 is 0. The third-order valence-electron chi connectivity index (χ3n) is 5.77. The Labute approximate surface area is 173 Å². The van der Waals surface area contributed by atoms with Crippen molar-refractivity contribution >= 4 is 23.9 Å². The summed E-state index contributed by atoms with van der Waals surface area (Å²) in [6.45, 7) is 0.559. The molecule has 0 spiro atoms. The highest BCUT2D eigenvalue weighted by molar-refractivity contribution is 6.16. The van der Waals surface area contributed by atoms with Crippen LogP contribution in [-0.2, 0) is 14.9 Å². The first-order chi connectivity index (χ1) is 14.8. The van der Waals surface area contributed by atoms with Crippen LogP contribution in [0.1, 0.15) is 59.5 Å². The fourth-order valence-corrected chi connectivity index (χ4v) is 4.06. The standard InChI is InChI=1S/C20H7F5O7/c1-18(19(21,22)20(23,24)25)10-2-6-8(16(28)31-14(6)26)4-12(10)30-13-5-9-7(3-11(13)18)15(27)32-17(9)29/h2-5H,1H3. The zero-order chi connectivity index (χ0) is 23.4. The van der Waals surface area contributed by atoms with E-state index in [0.29, 0.717) is 19.1 Å². The van der Waals surface area contributed by atoms with Gasteiger partial charge in [0.1, 0.15) is 11.5 Å². The van der Waals surface area contributed by atoms with Gasteiger partial charge in [-0.05, 0) is 31.2 Å². The van der Waals surface area contributed by atoms with Gasteiger partial charge in [0.15, 0.2) is 0 Å². The maximum atomic E-state index is 15.1. The van der Waals surface area contributed by atoms with E-state index >= 15 is 8.78 Å². The molecule has 5 rings (SSSR count). The Hall–Kier alpha value is -3.83. The molecule has 164 valence electrons. The van der Waals surface area contributed by atoms with Crippen LogP contribution in [0, 0.1) is 0 Å². The van der Waals surface area contributed by atoms with Gasteiger partial charge in [-0.2, -0.15) is 22.0 Å². The third kappa shape index (κ3) is 2.23. The molecule has 12 heteroatoms. The van der Waals surface area contributed by atoms with Crippen LogP contribution < -0.4 is 4.74 Å². The topological polar surface area (TPSA) is 96.0 Å². The van der Waals surface area contributed by atoms with Crippen molar-refractivity contribution in [1.82, 2.24) is 0 Å². The van der Waals surface area contributed by atoms with E-state index in [0.717, 1.165) is 12.1 Å². The van der Waals surface area contributed by atoms with Gasteiger partial charge in [0.25, 0.3) is 0 Å². The Bertz CT molecular complexity index is 1220. The average Bonchev–Trinajstić information content (AvgIpc) is 3.13. The second-order valence-corrected chi connectivity index (χ2v) is 7.44. The number of cyclic esters (lactones) is 4. The lowest BCUT2D eigenvalue weighted by molar-refractivity contribution is -0.302. The molecule has 2 aromatic carbocycles. The predicted molar refractivity (Wildman–Crippen MR) is 89.9 cm³/mol. The van der Waals surface area contributed by atoms with E-state index in [9.17, 15) is 32.3 Å². The maximum Gasteiger partial charge on any atom is 0.454 e. The predicted octanol–water partition coefficient (Wildman–Crippen LogP) is 3.92. The number of alkyl halides is 5. The van der Waals surface area contributed by atoms with Crippen LogP contribution in [0.15, 0.2) is 24.3 Å². The van der Waals surface area contributed by atoms with E-state index in [1.54, 1.807) is 0 Å². The second-order valence-electron chi connectivity index (χ2n) is 7.44. The number of fused-ring (bicyclic) bond motifs is 4. The van der Waals surface area contributed by atoms with Crippen molar-refractivity contribution in [2.45, 2.75) is 24.4 Å². The molecule has 0 atom stereocenters. The fraction of sp³-hybridized carbons (Fsp3) is 0.200. The Morgan fingerprint density at radius 1 is 0.625 bits per heavy atom. The quantitative estimate of drug-likeness (QED) is 0.366. The summed E-state index contributed by atoms with van der Waals surface area (Å²) in [5.41, 5.74) is -6.56. The summed E-state index contributed by atoms with van der Waals surface area (Å²) < 4.78 is 85.2. The molecule has 32 heavy (non-hydrogen) atoms. The molecular weight excluding hydrogens is 447 g/mol. The van der Waals surface area contributed by atoms with E-state index in [1.807, 2.05) is 0 Å². The Morgan fingerprint density at radius 2 is 0.969 bits per heavy atom. The number of halogens is 5. The van der Waals surface area contributed by atoms with E-state index in [-0.39, 0.29) is 11.1 Å². The lowest BCUT2D eigenvalue weighted by atomic mass is 9.68. The van der Waals surface area contributed by atoms with Crippen molar-refractivity contribution in [2.24, 2.45) is 0 Å². The number of hydrogen-bond acceptors (Lipinski definition) is 7. The zero-order valence-electron chi connectivity index (χ0n) is 15.6. The van der Waals surface area contributed by atoms with Gasteiger partial charge in [0.05, 0.1) is 27.7 Å². The smallest absolute Gasteiger partial charge is 0.454 e. The first kappa shape index (κ1) is 20.1. The monoisotopic (exact) mass is 454 g/mol. The lowest BCUT2D eigenvalue weighted by Crippen LogP contribution is -2.55. The second kappa shape index (κ2) is 5.69. The number of benzene rings is 2. The van der Waals surface area contributed by atoms with Crippen LogP contribution in [0.4, 0.5) is 22.0 Å². The number of hydrogen-bond donors (Lipinski definition) is 0. The number of esters is 4. The Balaban J connectivity index is 1.87. The summed E-state index contributed by atoms with van der Waals surface area (Å²) in [4.78, 5) is 47.5. The van der Waals surface area contributed by atoms with Gasteiger partial charge in [-0.1, -0.05) is 0 Å². The number of carbonyl (C=O) groups excluding carboxylic acids is 4. The molecule has 0 amide bonds. The van der Waals surface area contributed by atoms with Crippen molar-refractivity contribution in [3.8, 4) is 11.5 Å². The summed E-state index contributed by atoms with van der Waals surface area (Å²) in [5.74, 6) is -11.3. The largest absolute Gasteiger partial charge is 0.457 e. The number of ether oxygens (including phenoxy) is 3. The minimum absolute atomic E-state index is 0.384. The molecule has 0 saturated heterocycles. The molecule has 0 fully saturated rings. The van der Waals surface area contributed by atoms with Crippen molar-refractivity contribution < 1.29 is 55.3 Å². The third-order valence-corrected chi connectivity index (χ3v) is 5.77. The highest BCUT2D eigenvalue weighted by Gasteiger charge is 2.71. The molecule has 0 saturated carbocycles. The summed E-state index contributed by atoms with van der Waals surface area (Å²) in [7, 11) is 0. The molecule has 0 aromatic heterocycles. The minimum Gasteiger partial charge on any atom is -0.457 e. The maximum absolute atomic E-state index is 15.1. The van der Waals surface area contributed by atoms with Crippen LogP contribution in [0.2, 0.25) is 0 Å². The fourth-order valence-electron chi connectivity index (χ4n) is 4.06. The number of carbonyl (C=O) groups is 4. The summed E-state index contributed by atoms with van der Waals surface area (Å²) in [6.07, 6.45) is -6.07. The molecule has 0 radical (unpaired) electrons. The van der Waals surface area contributed by atoms with Crippen LogP contribution in [0.25, 0.3) is 0 Å². The van der Waals surface area contributed by atoms with Crippen molar-refractivity contribution in [3.05, 3.63) is 57.6 Å². The van der Waals surface area contributed by atoms with Gasteiger partial charge in [-0.15, -0.1) is 0 Å². The molecule has 0 N–H and O–H groups in total. The van der Waals surface area contributed by atoms with Crippen LogP contribution in [-0.4, -0.2) is 36.0 Å². The molecular formula is C20H7F5O7. The van der Waals surface area contributed by atoms with Gasteiger partial charge in [0.2, 0.25) is 0 Å². The highest BCUT2D eigenvalue weighted by atomic mass is 19.4. The SMILES string of the molecule is CC1(C(F)(F)C(F)(F)F)c2cc3c(cc2Oc2cc4c(cc21)C(=O)OC4=O)C(=O)OC3=O. The molecule has 0 bridgehead atoms. The van der Waals surface area contributed by atoms with E-state index in [1.165, 1.54) is 0 Å². The average molecular weight is 454 g/mol. The summed E-state index contributed by atoms with van der Waals surface area (Å²) in [6, 6.07) is 3.00. The molecule has 3 heterocycles. The van der Waals surface area contributed by atoms with Gasteiger partial charge in [-0.25, -0.2) is 19.2 Å². The van der Waals surface area contributed by atoms with Gasteiger partial charge in [-0.3, -0.25) is 0 Å². The van der Waals surface area contributed by atoms with Gasteiger partial charge < -0.3 is 14.2 Å². The lowest BCUT2D eigenvalue weighted by Gasteiger charge is -2.43. The molecule has 2 aromatic rings. The molecule has 0 unspecified atom stereocenters.